The lowest BCUT2D eigenvalue weighted by atomic mass is 9.99. The summed E-state index contributed by atoms with van der Waals surface area (Å²) in [6.45, 7) is 1.53. The number of phenols is 1. The van der Waals surface area contributed by atoms with Crippen molar-refractivity contribution < 1.29 is 14.6 Å². The van der Waals surface area contributed by atoms with Crippen LogP contribution in [0.25, 0.3) is 33.5 Å². The second kappa shape index (κ2) is 10.1. The van der Waals surface area contributed by atoms with Gasteiger partial charge in [0.05, 0.1) is 23.7 Å². The van der Waals surface area contributed by atoms with Crippen LogP contribution < -0.4 is 15.0 Å². The number of fused-ring (bicyclic) bond motifs is 2. The number of pyridine rings is 1. The van der Waals surface area contributed by atoms with E-state index in [1.807, 2.05) is 30.3 Å². The second-order valence-corrected chi connectivity index (χ2v) is 9.78. The van der Waals surface area contributed by atoms with E-state index in [4.69, 9.17) is 4.74 Å². The minimum Gasteiger partial charge on any atom is -0.507 e. The smallest absolute Gasteiger partial charge is 0.251 e. The molecule has 0 fully saturated rings. The fraction of sp³-hybridized carbons (Fsp3) is 0.194. The van der Waals surface area contributed by atoms with Gasteiger partial charge in [0.25, 0.3) is 5.91 Å². The van der Waals surface area contributed by atoms with E-state index in [-0.39, 0.29) is 11.7 Å². The van der Waals surface area contributed by atoms with Crippen LogP contribution in [0.2, 0.25) is 0 Å². The molecule has 0 atom stereocenters. The van der Waals surface area contributed by atoms with Gasteiger partial charge in [0.1, 0.15) is 11.6 Å². The standard InChI is InChI=1S/C31H29N5O3/c1-36-14-4-5-21-15-19(7-11-27(21)36)18-33-30(38)22-8-10-25-26(17-22)35-29(34-25)24-16-20(9-12-28(24)37)23-6-3-13-32-31(23)39-2/h3,6-13,15-17,37H,4-5,14,18H2,1-2H3,(H,33,38)(H,34,35). The first-order valence-electron chi connectivity index (χ1n) is 12.9. The molecule has 3 aromatic carbocycles. The Morgan fingerprint density at radius 1 is 1.10 bits per heavy atom. The molecule has 0 saturated carbocycles. The van der Waals surface area contributed by atoms with Crippen LogP contribution >= 0.6 is 0 Å². The van der Waals surface area contributed by atoms with Gasteiger partial charge in [0.15, 0.2) is 0 Å². The van der Waals surface area contributed by atoms with Crippen LogP contribution in [0.1, 0.15) is 27.9 Å². The van der Waals surface area contributed by atoms with Crippen LogP contribution in [0.4, 0.5) is 5.69 Å². The Labute approximate surface area is 226 Å². The average Bonchev–Trinajstić information content (AvgIpc) is 3.39. The lowest BCUT2D eigenvalue weighted by Gasteiger charge is -2.27. The average molecular weight is 520 g/mol. The molecule has 0 radical (unpaired) electrons. The Kier molecular flexibility index (Phi) is 6.36. The highest BCUT2D eigenvalue weighted by Gasteiger charge is 2.16. The molecule has 0 aliphatic carbocycles. The number of hydrogen-bond acceptors (Lipinski definition) is 6. The van der Waals surface area contributed by atoms with E-state index in [9.17, 15) is 9.90 Å². The van der Waals surface area contributed by atoms with E-state index in [0.717, 1.165) is 36.1 Å². The number of anilines is 1. The third-order valence-corrected chi connectivity index (χ3v) is 7.22. The van der Waals surface area contributed by atoms with Crippen molar-refractivity contribution in [3.05, 3.63) is 89.6 Å². The number of aryl methyl sites for hydroxylation is 1. The highest BCUT2D eigenvalue weighted by Crippen LogP contribution is 2.36. The Morgan fingerprint density at radius 2 is 2.00 bits per heavy atom. The molecule has 3 N–H and O–H groups in total. The van der Waals surface area contributed by atoms with Crippen LogP contribution in [0, 0.1) is 0 Å². The number of aromatic hydroxyl groups is 1. The number of nitrogens with zero attached hydrogens (tertiary/aromatic N) is 3. The van der Waals surface area contributed by atoms with Crippen molar-refractivity contribution in [2.75, 3.05) is 25.6 Å². The third-order valence-electron chi connectivity index (χ3n) is 7.22. The molecule has 0 saturated heterocycles. The van der Waals surface area contributed by atoms with Crippen molar-refractivity contribution in [2.45, 2.75) is 19.4 Å². The topological polar surface area (TPSA) is 103 Å². The number of phenolic OH excluding ortho intramolecular Hbond substituents is 1. The number of amides is 1. The molecule has 0 bridgehead atoms. The van der Waals surface area contributed by atoms with Gasteiger partial charge in [-0.1, -0.05) is 18.2 Å². The molecule has 39 heavy (non-hydrogen) atoms. The Morgan fingerprint density at radius 3 is 2.87 bits per heavy atom. The van der Waals surface area contributed by atoms with Crippen molar-refractivity contribution >= 4 is 22.6 Å². The summed E-state index contributed by atoms with van der Waals surface area (Å²) in [6.07, 6.45) is 3.88. The van der Waals surface area contributed by atoms with Gasteiger partial charge in [0.2, 0.25) is 5.88 Å². The normalized spacial score (nSPS) is 12.8. The molecule has 5 aromatic rings. The molecule has 2 aromatic heterocycles. The summed E-state index contributed by atoms with van der Waals surface area (Å²) in [6, 6.07) is 20.8. The number of methoxy groups -OCH3 is 1. The molecule has 8 heteroatoms. The summed E-state index contributed by atoms with van der Waals surface area (Å²) in [7, 11) is 3.69. The maximum Gasteiger partial charge on any atom is 0.251 e. The maximum atomic E-state index is 13.0. The molecule has 8 nitrogen and oxygen atoms in total. The molecular weight excluding hydrogens is 490 g/mol. The van der Waals surface area contributed by atoms with Gasteiger partial charge in [-0.2, -0.15) is 0 Å². The van der Waals surface area contributed by atoms with Gasteiger partial charge < -0.3 is 25.0 Å². The van der Waals surface area contributed by atoms with Gasteiger partial charge in [-0.05, 0) is 78.1 Å². The van der Waals surface area contributed by atoms with Gasteiger partial charge in [0, 0.05) is 43.1 Å². The fourth-order valence-corrected chi connectivity index (χ4v) is 5.18. The summed E-state index contributed by atoms with van der Waals surface area (Å²) in [4.78, 5) is 27.5. The second-order valence-electron chi connectivity index (χ2n) is 9.78. The number of carbonyl (C=O) groups excluding carboxylic acids is 1. The first-order valence-corrected chi connectivity index (χ1v) is 12.9. The van der Waals surface area contributed by atoms with Crippen molar-refractivity contribution in [2.24, 2.45) is 0 Å². The Bertz CT molecular complexity index is 1690. The quantitative estimate of drug-likeness (QED) is 0.281. The van der Waals surface area contributed by atoms with E-state index in [2.05, 4.69) is 50.4 Å². The predicted octanol–water partition coefficient (Wildman–Crippen LogP) is 5.32. The molecule has 3 heterocycles. The number of aromatic amines is 1. The van der Waals surface area contributed by atoms with Crippen LogP contribution in [0.5, 0.6) is 11.6 Å². The van der Waals surface area contributed by atoms with Crippen molar-refractivity contribution in [1.82, 2.24) is 20.3 Å². The van der Waals surface area contributed by atoms with E-state index in [1.165, 1.54) is 11.3 Å². The zero-order valence-electron chi connectivity index (χ0n) is 21.9. The van der Waals surface area contributed by atoms with Gasteiger partial charge in [-0.25, -0.2) is 9.97 Å². The first-order chi connectivity index (χ1) is 19.0. The van der Waals surface area contributed by atoms with Crippen molar-refractivity contribution in [3.8, 4) is 34.1 Å². The SMILES string of the molecule is COc1ncccc1-c1ccc(O)c(-c2nc3ccc(C(=O)NCc4ccc5c(c4)CCCN5C)cc3[nH]2)c1. The highest BCUT2D eigenvalue weighted by atomic mass is 16.5. The van der Waals surface area contributed by atoms with Crippen LogP contribution in [-0.4, -0.2) is 46.7 Å². The lowest BCUT2D eigenvalue weighted by molar-refractivity contribution is 0.0951. The Balaban J connectivity index is 1.23. The van der Waals surface area contributed by atoms with Gasteiger partial charge in [-0.15, -0.1) is 0 Å². The first kappa shape index (κ1) is 24.5. The number of aromatic nitrogens is 3. The van der Waals surface area contributed by atoms with Gasteiger partial charge in [-0.3, -0.25) is 4.79 Å². The number of imidazole rings is 1. The number of nitrogens with one attached hydrogen (secondary N) is 2. The third kappa shape index (κ3) is 4.77. The zero-order valence-corrected chi connectivity index (χ0v) is 21.9. The minimum atomic E-state index is -0.156. The lowest BCUT2D eigenvalue weighted by Crippen LogP contribution is -2.25. The number of ether oxygens (including phenoxy) is 1. The Hall–Kier alpha value is -4.85. The van der Waals surface area contributed by atoms with E-state index in [0.29, 0.717) is 40.4 Å². The maximum absolute atomic E-state index is 13.0. The van der Waals surface area contributed by atoms with E-state index < -0.39 is 0 Å². The summed E-state index contributed by atoms with van der Waals surface area (Å²) >= 11 is 0. The summed E-state index contributed by atoms with van der Waals surface area (Å²) < 4.78 is 5.40. The molecule has 1 aliphatic heterocycles. The summed E-state index contributed by atoms with van der Waals surface area (Å²) in [5, 5.41) is 13.7. The number of hydrogen-bond donors (Lipinski definition) is 3. The molecule has 196 valence electrons. The molecule has 6 rings (SSSR count). The number of benzene rings is 3. The van der Waals surface area contributed by atoms with Crippen molar-refractivity contribution in [3.63, 3.8) is 0 Å². The molecule has 1 aliphatic rings. The summed E-state index contributed by atoms with van der Waals surface area (Å²) in [5.41, 5.74) is 7.81. The van der Waals surface area contributed by atoms with Crippen LogP contribution in [0.3, 0.4) is 0 Å². The largest absolute Gasteiger partial charge is 0.507 e. The van der Waals surface area contributed by atoms with Crippen molar-refractivity contribution in [1.29, 1.82) is 0 Å². The van der Waals surface area contributed by atoms with Crippen LogP contribution in [0.15, 0.2) is 72.9 Å². The number of rotatable bonds is 6. The minimum absolute atomic E-state index is 0.0925. The van der Waals surface area contributed by atoms with Gasteiger partial charge >= 0.3 is 0 Å². The molecule has 0 unspecified atom stereocenters. The highest BCUT2D eigenvalue weighted by molar-refractivity contribution is 5.97. The predicted molar refractivity (Wildman–Crippen MR) is 152 cm³/mol. The van der Waals surface area contributed by atoms with Crippen LogP contribution in [-0.2, 0) is 13.0 Å². The monoisotopic (exact) mass is 519 g/mol. The zero-order chi connectivity index (χ0) is 26.9. The number of H-pyrrole nitrogens is 1. The van der Waals surface area contributed by atoms with E-state index >= 15 is 0 Å². The molecule has 1 amide bonds. The van der Waals surface area contributed by atoms with E-state index in [1.54, 1.807) is 31.5 Å². The molecule has 0 spiro atoms. The number of carbonyl (C=O) groups is 1. The summed E-state index contributed by atoms with van der Waals surface area (Å²) in [5.74, 6) is 0.937. The fourth-order valence-electron chi connectivity index (χ4n) is 5.18. The molecular formula is C31H29N5O3.